The summed E-state index contributed by atoms with van der Waals surface area (Å²) in [5.74, 6) is -0.918. The smallest absolute Gasteiger partial charge is 0.321 e. The Kier molecular flexibility index (Phi) is 5.28. The van der Waals surface area contributed by atoms with Crippen LogP contribution in [0.3, 0.4) is 0 Å². The van der Waals surface area contributed by atoms with Crippen molar-refractivity contribution in [1.29, 1.82) is 0 Å². The van der Waals surface area contributed by atoms with Crippen LogP contribution in [0.5, 0.6) is 0 Å². The van der Waals surface area contributed by atoms with Crippen LogP contribution < -0.4 is 0 Å². The van der Waals surface area contributed by atoms with Crippen molar-refractivity contribution >= 4 is 34.3 Å². The Morgan fingerprint density at radius 1 is 1.50 bits per heavy atom. The molecular formula is C11H12O3S2. The molecule has 0 heterocycles. The van der Waals surface area contributed by atoms with Gasteiger partial charge < -0.3 is 9.84 Å². The Morgan fingerprint density at radius 3 is 2.62 bits per heavy atom. The molecule has 0 saturated carbocycles. The Bertz CT molecular complexity index is 365. The number of benzene rings is 1. The van der Waals surface area contributed by atoms with Crippen molar-refractivity contribution < 1.29 is 14.6 Å². The molecule has 0 aliphatic heterocycles. The third-order valence-electron chi connectivity index (χ3n) is 1.80. The molecule has 1 N–H and O–H groups in total. The van der Waals surface area contributed by atoms with E-state index in [1.165, 1.54) is 0 Å². The van der Waals surface area contributed by atoms with Gasteiger partial charge >= 0.3 is 5.97 Å². The van der Waals surface area contributed by atoms with E-state index in [2.05, 4.69) is 0 Å². The number of rotatable bonds is 4. The van der Waals surface area contributed by atoms with Crippen LogP contribution in [0.4, 0.5) is 0 Å². The van der Waals surface area contributed by atoms with E-state index >= 15 is 0 Å². The zero-order valence-electron chi connectivity index (χ0n) is 8.75. The second-order valence-electron chi connectivity index (χ2n) is 2.93. The van der Waals surface area contributed by atoms with Gasteiger partial charge in [-0.3, -0.25) is 4.79 Å². The molecule has 3 nitrogen and oxygen atoms in total. The summed E-state index contributed by atoms with van der Waals surface area (Å²) in [7, 11) is 0. The van der Waals surface area contributed by atoms with Gasteiger partial charge in [0.25, 0.3) is 0 Å². The lowest BCUT2D eigenvalue weighted by molar-refractivity contribution is -0.136. The van der Waals surface area contributed by atoms with E-state index in [9.17, 15) is 4.79 Å². The fourth-order valence-electron chi connectivity index (χ4n) is 1.14. The Hall–Kier alpha value is -1.07. The van der Waals surface area contributed by atoms with Crippen molar-refractivity contribution in [3.63, 3.8) is 0 Å². The molecule has 16 heavy (non-hydrogen) atoms. The minimum Gasteiger partial charge on any atom is -0.480 e. The van der Waals surface area contributed by atoms with Crippen LogP contribution >= 0.6 is 24.0 Å². The monoisotopic (exact) mass is 256 g/mol. The van der Waals surface area contributed by atoms with E-state index in [4.69, 9.17) is 22.1 Å². The van der Waals surface area contributed by atoms with Gasteiger partial charge in [-0.25, -0.2) is 0 Å². The summed E-state index contributed by atoms with van der Waals surface area (Å²) >= 11 is 5.97. The average molecular weight is 256 g/mol. The van der Waals surface area contributed by atoms with E-state index in [1.54, 1.807) is 24.3 Å². The van der Waals surface area contributed by atoms with Gasteiger partial charge in [0.1, 0.15) is 5.25 Å². The number of hydrogen-bond acceptors (Lipinski definition) is 4. The maximum atomic E-state index is 11.1. The van der Waals surface area contributed by atoms with Gasteiger partial charge in [0.2, 0.25) is 4.38 Å². The van der Waals surface area contributed by atoms with E-state index < -0.39 is 11.2 Å². The number of aliphatic carboxylic acids is 1. The van der Waals surface area contributed by atoms with Crippen molar-refractivity contribution in [3.05, 3.63) is 35.9 Å². The quantitative estimate of drug-likeness (QED) is 0.839. The summed E-state index contributed by atoms with van der Waals surface area (Å²) in [6.45, 7) is 2.26. The molecule has 0 unspecified atom stereocenters. The standard InChI is InChI=1S/C11H12O3S2/c1-2-14-11(15)16-9(10(12)13)8-6-4-3-5-7-8/h3-7,9H,2H2,1H3,(H,12,13)/t9-/m1/s1. The highest BCUT2D eigenvalue weighted by molar-refractivity contribution is 8.23. The Morgan fingerprint density at radius 2 is 2.12 bits per heavy atom. The first-order chi connectivity index (χ1) is 7.65. The van der Waals surface area contributed by atoms with Crippen molar-refractivity contribution in [2.75, 3.05) is 6.61 Å². The van der Waals surface area contributed by atoms with Crippen LogP contribution in [0.2, 0.25) is 0 Å². The maximum Gasteiger partial charge on any atom is 0.321 e. The lowest BCUT2D eigenvalue weighted by Crippen LogP contribution is -2.11. The van der Waals surface area contributed by atoms with Gasteiger partial charge in [-0.2, -0.15) is 0 Å². The second kappa shape index (κ2) is 6.50. The van der Waals surface area contributed by atoms with Crippen molar-refractivity contribution in [3.8, 4) is 0 Å². The van der Waals surface area contributed by atoms with E-state index in [0.717, 1.165) is 11.8 Å². The molecule has 0 aromatic heterocycles. The number of hydrogen-bond donors (Lipinski definition) is 1. The summed E-state index contributed by atoms with van der Waals surface area (Å²) < 4.78 is 5.34. The molecule has 1 aromatic carbocycles. The number of thiocarbonyl (C=S) groups is 1. The SMILES string of the molecule is CCOC(=S)S[C@@H](C(=O)O)c1ccccc1. The van der Waals surface area contributed by atoms with Crippen molar-refractivity contribution in [1.82, 2.24) is 0 Å². The van der Waals surface area contributed by atoms with Gasteiger partial charge in [0, 0.05) is 0 Å². The molecular weight excluding hydrogens is 244 g/mol. The number of carboxylic acid groups (broad SMARTS) is 1. The molecule has 0 radical (unpaired) electrons. The molecule has 86 valence electrons. The molecule has 1 atom stereocenters. The van der Waals surface area contributed by atoms with Gasteiger partial charge in [-0.1, -0.05) is 42.1 Å². The zero-order valence-corrected chi connectivity index (χ0v) is 10.4. The lowest BCUT2D eigenvalue weighted by atomic mass is 10.1. The first-order valence-electron chi connectivity index (χ1n) is 4.76. The molecule has 0 saturated heterocycles. The Labute approximate surface area is 104 Å². The van der Waals surface area contributed by atoms with Gasteiger partial charge in [-0.15, -0.1) is 0 Å². The summed E-state index contributed by atoms with van der Waals surface area (Å²) in [6, 6.07) is 8.97. The highest BCUT2D eigenvalue weighted by Gasteiger charge is 2.22. The highest BCUT2D eigenvalue weighted by atomic mass is 32.2. The van der Waals surface area contributed by atoms with Crippen molar-refractivity contribution in [2.45, 2.75) is 12.2 Å². The molecule has 1 aromatic rings. The highest BCUT2D eigenvalue weighted by Crippen LogP contribution is 2.30. The zero-order chi connectivity index (χ0) is 12.0. The fourth-order valence-corrected chi connectivity index (χ4v) is 2.32. The number of carbonyl (C=O) groups is 1. The van der Waals surface area contributed by atoms with E-state index in [1.807, 2.05) is 13.0 Å². The minimum absolute atomic E-state index is 0.263. The molecule has 0 aliphatic rings. The van der Waals surface area contributed by atoms with E-state index in [-0.39, 0.29) is 4.38 Å². The fraction of sp³-hybridized carbons (Fsp3) is 0.273. The number of carboxylic acids is 1. The van der Waals surface area contributed by atoms with Gasteiger partial charge in [0.05, 0.1) is 6.61 Å². The first-order valence-corrected chi connectivity index (χ1v) is 6.05. The second-order valence-corrected chi connectivity index (χ2v) is 4.64. The Balaban J connectivity index is 2.77. The minimum atomic E-state index is -0.918. The van der Waals surface area contributed by atoms with E-state index in [0.29, 0.717) is 12.2 Å². The summed E-state index contributed by atoms with van der Waals surface area (Å²) in [5, 5.41) is 8.40. The lowest BCUT2D eigenvalue weighted by Gasteiger charge is -2.12. The van der Waals surface area contributed by atoms with Gasteiger partial charge in [-0.05, 0) is 24.7 Å². The largest absolute Gasteiger partial charge is 0.480 e. The van der Waals surface area contributed by atoms with Crippen LogP contribution in [0.1, 0.15) is 17.7 Å². The number of ether oxygens (including phenoxy) is 1. The van der Waals surface area contributed by atoms with Crippen molar-refractivity contribution in [2.24, 2.45) is 0 Å². The first kappa shape index (κ1) is 13.0. The van der Waals surface area contributed by atoms with Crippen LogP contribution in [0, 0.1) is 0 Å². The number of thioether (sulfide) groups is 1. The van der Waals surface area contributed by atoms with Crippen LogP contribution in [-0.2, 0) is 9.53 Å². The molecule has 5 heteroatoms. The third kappa shape index (κ3) is 3.83. The van der Waals surface area contributed by atoms with Crippen LogP contribution in [0.25, 0.3) is 0 Å². The molecule has 0 bridgehead atoms. The molecule has 0 fully saturated rings. The summed E-state index contributed by atoms with van der Waals surface area (Å²) in [6.07, 6.45) is 0. The molecule has 0 aliphatic carbocycles. The summed E-state index contributed by atoms with van der Waals surface area (Å²) in [5.41, 5.74) is 0.710. The average Bonchev–Trinajstić information content (AvgIpc) is 2.27. The maximum absolute atomic E-state index is 11.1. The molecule has 0 amide bonds. The predicted octanol–water partition coefficient (Wildman–Crippen LogP) is 2.87. The molecule has 0 spiro atoms. The van der Waals surface area contributed by atoms with Crippen LogP contribution in [-0.4, -0.2) is 22.1 Å². The van der Waals surface area contributed by atoms with Crippen LogP contribution in [0.15, 0.2) is 30.3 Å². The van der Waals surface area contributed by atoms with Gasteiger partial charge in [0.15, 0.2) is 0 Å². The summed E-state index contributed by atoms with van der Waals surface area (Å²) in [4.78, 5) is 11.1. The third-order valence-corrected chi connectivity index (χ3v) is 3.23. The predicted molar refractivity (Wildman–Crippen MR) is 68.6 cm³/mol. The molecule has 1 rings (SSSR count). The normalized spacial score (nSPS) is 11.8. The topological polar surface area (TPSA) is 46.5 Å².